The van der Waals surface area contributed by atoms with Gasteiger partial charge in [0.2, 0.25) is 0 Å². The fraction of sp³-hybridized carbons (Fsp3) is 0.500. The van der Waals surface area contributed by atoms with Gasteiger partial charge in [0.1, 0.15) is 0 Å². The van der Waals surface area contributed by atoms with E-state index >= 15 is 0 Å². The van der Waals surface area contributed by atoms with E-state index in [1.165, 1.54) is 0 Å². The molecule has 4 heteroatoms. The van der Waals surface area contributed by atoms with Crippen LogP contribution in [0.3, 0.4) is 0 Å². The van der Waals surface area contributed by atoms with E-state index in [2.05, 4.69) is 0 Å². The fourth-order valence-corrected chi connectivity index (χ4v) is 3.11. The predicted octanol–water partition coefficient (Wildman–Crippen LogP) is 2.94. The molecule has 4 nitrogen and oxygen atoms in total. The molecule has 1 fully saturated rings. The summed E-state index contributed by atoms with van der Waals surface area (Å²) in [4.78, 5) is 25.4. The highest BCUT2D eigenvalue weighted by Crippen LogP contribution is 2.36. The van der Waals surface area contributed by atoms with Crippen LogP contribution in [0.2, 0.25) is 0 Å². The molecule has 1 N–H and O–H groups in total. The summed E-state index contributed by atoms with van der Waals surface area (Å²) in [6.45, 7) is 0. The molecule has 1 aromatic rings. The Morgan fingerprint density at radius 1 is 1.15 bits per heavy atom. The lowest BCUT2D eigenvalue weighted by atomic mass is 9.78. The maximum atomic E-state index is 12.6. The first-order chi connectivity index (χ1) is 9.55. The predicted molar refractivity (Wildman–Crippen MR) is 76.6 cm³/mol. The number of benzene rings is 1. The standard InChI is InChI=1S/C16H21NO3/c1-17(15(20)13-8-4-2-5-9-13)16(12-14(18)19)10-6-3-7-11-16/h2,4-5,8-9H,3,6-7,10-12H2,1H3,(H,18,19). The summed E-state index contributed by atoms with van der Waals surface area (Å²) in [7, 11) is 1.74. The van der Waals surface area contributed by atoms with Crippen LogP contribution in [0.25, 0.3) is 0 Å². The van der Waals surface area contributed by atoms with Crippen molar-refractivity contribution in [3.63, 3.8) is 0 Å². The number of nitrogens with zero attached hydrogens (tertiary/aromatic N) is 1. The molecule has 1 amide bonds. The lowest BCUT2D eigenvalue weighted by Gasteiger charge is -2.44. The van der Waals surface area contributed by atoms with Crippen molar-refractivity contribution in [2.24, 2.45) is 0 Å². The molecule has 1 aromatic carbocycles. The van der Waals surface area contributed by atoms with Crippen molar-refractivity contribution in [1.29, 1.82) is 0 Å². The number of carbonyl (C=O) groups is 2. The van der Waals surface area contributed by atoms with E-state index < -0.39 is 11.5 Å². The third-order valence-electron chi connectivity index (χ3n) is 4.30. The number of aliphatic carboxylic acids is 1. The van der Waals surface area contributed by atoms with E-state index in [0.29, 0.717) is 5.56 Å². The van der Waals surface area contributed by atoms with Crippen LogP contribution in [0.1, 0.15) is 48.9 Å². The minimum atomic E-state index is -0.834. The Kier molecular flexibility index (Phi) is 4.42. The van der Waals surface area contributed by atoms with E-state index in [1.54, 1.807) is 24.1 Å². The highest BCUT2D eigenvalue weighted by atomic mass is 16.4. The summed E-state index contributed by atoms with van der Waals surface area (Å²) >= 11 is 0. The summed E-state index contributed by atoms with van der Waals surface area (Å²) in [5.74, 6) is -0.923. The van der Waals surface area contributed by atoms with E-state index in [-0.39, 0.29) is 12.3 Å². The van der Waals surface area contributed by atoms with Gasteiger partial charge in [0.15, 0.2) is 0 Å². The Hall–Kier alpha value is -1.84. The van der Waals surface area contributed by atoms with Crippen molar-refractivity contribution in [1.82, 2.24) is 4.90 Å². The summed E-state index contributed by atoms with van der Waals surface area (Å²) in [5.41, 5.74) is 0.0853. The number of rotatable bonds is 4. The van der Waals surface area contributed by atoms with Gasteiger partial charge in [-0.1, -0.05) is 37.5 Å². The van der Waals surface area contributed by atoms with Crippen LogP contribution >= 0.6 is 0 Å². The molecule has 0 unspecified atom stereocenters. The van der Waals surface area contributed by atoms with Gasteiger partial charge >= 0.3 is 5.97 Å². The third kappa shape index (κ3) is 3.00. The van der Waals surface area contributed by atoms with Gasteiger partial charge in [0.05, 0.1) is 12.0 Å². The first-order valence-electron chi connectivity index (χ1n) is 7.10. The largest absolute Gasteiger partial charge is 0.481 e. The fourth-order valence-electron chi connectivity index (χ4n) is 3.11. The zero-order valence-electron chi connectivity index (χ0n) is 11.8. The molecular formula is C16H21NO3. The molecule has 1 aliphatic rings. The lowest BCUT2D eigenvalue weighted by Crippen LogP contribution is -2.52. The second kappa shape index (κ2) is 6.07. The lowest BCUT2D eigenvalue weighted by molar-refractivity contribution is -0.140. The summed E-state index contributed by atoms with van der Waals surface area (Å²) < 4.78 is 0. The van der Waals surface area contributed by atoms with Gasteiger partial charge in [-0.25, -0.2) is 0 Å². The van der Waals surface area contributed by atoms with Gasteiger partial charge in [0, 0.05) is 12.6 Å². The van der Waals surface area contributed by atoms with Gasteiger partial charge < -0.3 is 10.0 Å². The monoisotopic (exact) mass is 275 g/mol. The zero-order valence-corrected chi connectivity index (χ0v) is 11.8. The number of hydrogen-bond acceptors (Lipinski definition) is 2. The molecule has 0 atom stereocenters. The Labute approximate surface area is 119 Å². The molecule has 20 heavy (non-hydrogen) atoms. The Morgan fingerprint density at radius 2 is 1.75 bits per heavy atom. The molecular weight excluding hydrogens is 254 g/mol. The maximum absolute atomic E-state index is 12.6. The number of carbonyl (C=O) groups excluding carboxylic acids is 1. The Morgan fingerprint density at radius 3 is 2.30 bits per heavy atom. The Bertz CT molecular complexity index is 478. The van der Waals surface area contributed by atoms with Crippen molar-refractivity contribution >= 4 is 11.9 Å². The molecule has 0 radical (unpaired) electrons. The summed E-state index contributed by atoms with van der Waals surface area (Å²) in [5, 5.41) is 9.19. The Balaban J connectivity index is 2.24. The zero-order chi connectivity index (χ0) is 14.6. The molecule has 0 saturated heterocycles. The topological polar surface area (TPSA) is 57.6 Å². The van der Waals surface area contributed by atoms with Crippen LogP contribution in [0.5, 0.6) is 0 Å². The minimum absolute atomic E-state index is 0.0298. The smallest absolute Gasteiger partial charge is 0.305 e. The molecule has 108 valence electrons. The van der Waals surface area contributed by atoms with Crippen LogP contribution in [-0.4, -0.2) is 34.5 Å². The van der Waals surface area contributed by atoms with Crippen LogP contribution in [-0.2, 0) is 4.79 Å². The second-order valence-corrected chi connectivity index (χ2v) is 5.59. The number of carboxylic acids is 1. The molecule has 2 rings (SSSR count). The van der Waals surface area contributed by atoms with Crippen molar-refractivity contribution in [2.45, 2.75) is 44.1 Å². The molecule has 0 bridgehead atoms. The molecule has 0 aliphatic heterocycles. The van der Waals surface area contributed by atoms with Gasteiger partial charge in [0.25, 0.3) is 5.91 Å². The minimum Gasteiger partial charge on any atom is -0.481 e. The van der Waals surface area contributed by atoms with Crippen LogP contribution in [0, 0.1) is 0 Å². The van der Waals surface area contributed by atoms with E-state index in [9.17, 15) is 14.7 Å². The van der Waals surface area contributed by atoms with Gasteiger partial charge in [-0.05, 0) is 25.0 Å². The molecule has 0 spiro atoms. The average molecular weight is 275 g/mol. The van der Waals surface area contributed by atoms with Crippen LogP contribution in [0.4, 0.5) is 0 Å². The second-order valence-electron chi connectivity index (χ2n) is 5.59. The van der Waals surface area contributed by atoms with Gasteiger partial charge in [-0.3, -0.25) is 9.59 Å². The van der Waals surface area contributed by atoms with Crippen molar-refractivity contribution in [2.75, 3.05) is 7.05 Å². The maximum Gasteiger partial charge on any atom is 0.305 e. The van der Waals surface area contributed by atoms with Crippen LogP contribution < -0.4 is 0 Å². The van der Waals surface area contributed by atoms with Crippen molar-refractivity contribution in [3.8, 4) is 0 Å². The molecule has 0 aromatic heterocycles. The molecule has 0 heterocycles. The normalized spacial score (nSPS) is 17.4. The number of hydrogen-bond donors (Lipinski definition) is 1. The van der Waals surface area contributed by atoms with E-state index in [0.717, 1.165) is 32.1 Å². The summed E-state index contributed by atoms with van der Waals surface area (Å²) in [6, 6.07) is 9.06. The first kappa shape index (κ1) is 14.6. The third-order valence-corrected chi connectivity index (χ3v) is 4.30. The molecule has 1 aliphatic carbocycles. The number of carboxylic acid groups (broad SMARTS) is 1. The SMILES string of the molecule is CN(C(=O)c1ccccc1)C1(CC(=O)O)CCCCC1. The first-order valence-corrected chi connectivity index (χ1v) is 7.10. The average Bonchev–Trinajstić information content (AvgIpc) is 2.47. The van der Waals surface area contributed by atoms with Gasteiger partial charge in [-0.15, -0.1) is 0 Å². The van der Waals surface area contributed by atoms with E-state index in [4.69, 9.17) is 0 Å². The van der Waals surface area contributed by atoms with E-state index in [1.807, 2.05) is 18.2 Å². The van der Waals surface area contributed by atoms with Crippen molar-refractivity contribution < 1.29 is 14.7 Å². The van der Waals surface area contributed by atoms with Crippen molar-refractivity contribution in [3.05, 3.63) is 35.9 Å². The quantitative estimate of drug-likeness (QED) is 0.919. The molecule has 1 saturated carbocycles. The van der Waals surface area contributed by atoms with Gasteiger partial charge in [-0.2, -0.15) is 0 Å². The highest BCUT2D eigenvalue weighted by molar-refractivity contribution is 5.94. The highest BCUT2D eigenvalue weighted by Gasteiger charge is 2.40. The van der Waals surface area contributed by atoms with Crippen LogP contribution in [0.15, 0.2) is 30.3 Å². The summed E-state index contributed by atoms with van der Waals surface area (Å²) in [6.07, 6.45) is 4.67. The number of amides is 1.